The van der Waals surface area contributed by atoms with Crippen LogP contribution < -0.4 is 4.74 Å². The van der Waals surface area contributed by atoms with E-state index in [0.29, 0.717) is 0 Å². The zero-order valence-electron chi connectivity index (χ0n) is 10.9. The molecule has 9 heteroatoms. The van der Waals surface area contributed by atoms with E-state index in [1.165, 1.54) is 25.3 Å². The molecule has 0 aromatic carbocycles. The summed E-state index contributed by atoms with van der Waals surface area (Å²) in [5, 5.41) is 8.08. The van der Waals surface area contributed by atoms with Gasteiger partial charge < -0.3 is 9.47 Å². The first-order valence-electron chi connectivity index (χ1n) is 5.05. The van der Waals surface area contributed by atoms with Gasteiger partial charge in [-0.2, -0.15) is 0 Å². The number of hydrogen-bond donors (Lipinski definition) is 0. The Hall–Kier alpha value is -2.16. The summed E-state index contributed by atoms with van der Waals surface area (Å²) >= 11 is 0.894. The van der Waals surface area contributed by atoms with Crippen LogP contribution in [0, 0.1) is 0 Å². The first kappa shape index (κ1) is 14.9. The van der Waals surface area contributed by atoms with Gasteiger partial charge in [0, 0.05) is 20.2 Å². The van der Waals surface area contributed by atoms with Gasteiger partial charge in [-0.05, 0) is 5.22 Å². The maximum absolute atomic E-state index is 11.6. The Balaban J connectivity index is 2.87. The molecule has 0 aliphatic carbocycles. The normalized spacial score (nSPS) is 10.3. The van der Waals surface area contributed by atoms with Gasteiger partial charge in [0.2, 0.25) is 0 Å². The van der Waals surface area contributed by atoms with Gasteiger partial charge in [-0.1, -0.05) is 0 Å². The number of rotatable bonds is 5. The van der Waals surface area contributed by atoms with Crippen molar-refractivity contribution in [1.82, 2.24) is 5.01 Å². The number of carbonyl (C=O) groups is 2. The monoisotopic (exact) mass is 287 g/mol. The molecule has 0 unspecified atom stereocenters. The second kappa shape index (κ2) is 6.69. The molecule has 1 aromatic rings. The zero-order chi connectivity index (χ0) is 14.4. The van der Waals surface area contributed by atoms with Crippen molar-refractivity contribution in [3.63, 3.8) is 0 Å². The molecule has 1 heterocycles. The van der Waals surface area contributed by atoms with Crippen molar-refractivity contribution < 1.29 is 23.9 Å². The minimum atomic E-state index is -0.732. The topological polar surface area (TPSA) is 89.8 Å². The van der Waals surface area contributed by atoms with E-state index < -0.39 is 11.9 Å². The molecular weight excluding hydrogens is 274 g/mol. The van der Waals surface area contributed by atoms with E-state index in [0.717, 1.165) is 11.3 Å². The number of esters is 1. The van der Waals surface area contributed by atoms with E-state index in [4.69, 9.17) is 4.74 Å². The molecule has 0 fully saturated rings. The van der Waals surface area contributed by atoms with Crippen LogP contribution in [0.15, 0.2) is 16.6 Å². The standard InChI is InChI=1S/C10H13N3O5S/c1-13(2)11-12-18-9(14)7-5-6(16-3)8(19-7)10(15)17-4/h5H,1-4H3. The Kier molecular flexibility index (Phi) is 5.24. The van der Waals surface area contributed by atoms with Gasteiger partial charge in [0.15, 0.2) is 4.88 Å². The number of methoxy groups -OCH3 is 2. The van der Waals surface area contributed by atoms with Gasteiger partial charge in [0.05, 0.1) is 19.5 Å². The quantitative estimate of drug-likeness (QED) is 0.463. The molecule has 0 saturated carbocycles. The zero-order valence-corrected chi connectivity index (χ0v) is 11.7. The molecule has 0 atom stereocenters. The summed E-state index contributed by atoms with van der Waals surface area (Å²) in [5.41, 5.74) is 0. The third kappa shape index (κ3) is 3.91. The highest BCUT2D eigenvalue weighted by molar-refractivity contribution is 7.16. The molecule has 0 saturated heterocycles. The summed E-state index contributed by atoms with van der Waals surface area (Å²) in [6, 6.07) is 1.38. The summed E-state index contributed by atoms with van der Waals surface area (Å²) < 4.78 is 9.56. The fourth-order valence-corrected chi connectivity index (χ4v) is 1.95. The Morgan fingerprint density at radius 2 is 1.95 bits per heavy atom. The second-order valence-corrected chi connectivity index (χ2v) is 4.45. The van der Waals surface area contributed by atoms with Gasteiger partial charge in [0.1, 0.15) is 10.6 Å². The maximum atomic E-state index is 11.6. The average Bonchev–Trinajstić information content (AvgIpc) is 2.81. The van der Waals surface area contributed by atoms with Crippen LogP contribution in [0.2, 0.25) is 0 Å². The van der Waals surface area contributed by atoms with Crippen molar-refractivity contribution in [1.29, 1.82) is 0 Å². The molecule has 0 aliphatic rings. The Morgan fingerprint density at radius 3 is 2.47 bits per heavy atom. The van der Waals surface area contributed by atoms with Crippen molar-refractivity contribution in [2.45, 2.75) is 0 Å². The Labute approximate surface area is 113 Å². The number of ether oxygens (including phenoxy) is 2. The fourth-order valence-electron chi connectivity index (χ4n) is 1.03. The van der Waals surface area contributed by atoms with Crippen molar-refractivity contribution in [3.05, 3.63) is 15.8 Å². The van der Waals surface area contributed by atoms with Crippen molar-refractivity contribution >= 4 is 23.3 Å². The van der Waals surface area contributed by atoms with E-state index in [1.807, 2.05) is 0 Å². The summed E-state index contributed by atoms with van der Waals surface area (Å²) in [5.74, 6) is -1.08. The molecular formula is C10H13N3O5S. The molecule has 1 aromatic heterocycles. The summed E-state index contributed by atoms with van der Waals surface area (Å²) in [6.45, 7) is 0. The van der Waals surface area contributed by atoms with E-state index >= 15 is 0 Å². The van der Waals surface area contributed by atoms with Gasteiger partial charge in [0.25, 0.3) is 0 Å². The molecule has 0 spiro atoms. The van der Waals surface area contributed by atoms with Crippen LogP contribution in [0.5, 0.6) is 5.75 Å². The van der Waals surface area contributed by atoms with Crippen LogP contribution in [0.3, 0.4) is 0 Å². The lowest BCUT2D eigenvalue weighted by atomic mass is 10.4. The molecule has 1 rings (SSSR count). The highest BCUT2D eigenvalue weighted by atomic mass is 32.1. The highest BCUT2D eigenvalue weighted by Gasteiger charge is 2.22. The fraction of sp³-hybridized carbons (Fsp3) is 0.400. The minimum absolute atomic E-state index is 0.162. The lowest BCUT2D eigenvalue weighted by molar-refractivity contribution is 0.0451. The summed E-state index contributed by atoms with van der Waals surface area (Å²) in [6.07, 6.45) is 0. The van der Waals surface area contributed by atoms with Gasteiger partial charge in [-0.25, -0.2) is 9.59 Å². The van der Waals surface area contributed by atoms with E-state index in [2.05, 4.69) is 20.1 Å². The average molecular weight is 287 g/mol. The van der Waals surface area contributed by atoms with Crippen molar-refractivity contribution in [3.8, 4) is 5.75 Å². The van der Waals surface area contributed by atoms with Crippen molar-refractivity contribution in [2.24, 2.45) is 10.5 Å². The van der Waals surface area contributed by atoms with Crippen LogP contribution in [-0.2, 0) is 9.57 Å². The minimum Gasteiger partial charge on any atom is -0.495 e. The first-order valence-corrected chi connectivity index (χ1v) is 5.87. The number of hydrogen-bond acceptors (Lipinski definition) is 8. The third-order valence-corrected chi connectivity index (χ3v) is 2.91. The van der Waals surface area contributed by atoms with Crippen LogP contribution in [0.4, 0.5) is 0 Å². The molecule has 19 heavy (non-hydrogen) atoms. The summed E-state index contributed by atoms with van der Waals surface area (Å²) in [4.78, 5) is 28.0. The van der Waals surface area contributed by atoms with Crippen LogP contribution >= 0.6 is 11.3 Å². The largest absolute Gasteiger partial charge is 0.495 e. The first-order chi connectivity index (χ1) is 8.99. The van der Waals surface area contributed by atoms with E-state index in [-0.39, 0.29) is 15.5 Å². The number of thiophene rings is 1. The maximum Gasteiger partial charge on any atom is 0.377 e. The third-order valence-electron chi connectivity index (χ3n) is 1.83. The Bertz CT molecular complexity index is 497. The predicted molar refractivity (Wildman–Crippen MR) is 66.2 cm³/mol. The smallest absolute Gasteiger partial charge is 0.377 e. The molecule has 104 valence electrons. The van der Waals surface area contributed by atoms with Gasteiger partial charge in [-0.3, -0.25) is 9.85 Å². The molecule has 0 N–H and O–H groups in total. The molecule has 8 nitrogen and oxygen atoms in total. The summed E-state index contributed by atoms with van der Waals surface area (Å²) in [7, 11) is 5.88. The molecule has 0 amide bonds. The molecule has 0 bridgehead atoms. The molecule has 0 radical (unpaired) electrons. The Morgan fingerprint density at radius 1 is 1.26 bits per heavy atom. The molecule has 0 aliphatic heterocycles. The highest BCUT2D eigenvalue weighted by Crippen LogP contribution is 2.30. The number of carbonyl (C=O) groups excluding carboxylic acids is 2. The van der Waals surface area contributed by atoms with Gasteiger partial charge in [-0.15, -0.1) is 11.3 Å². The van der Waals surface area contributed by atoms with E-state index in [9.17, 15) is 9.59 Å². The van der Waals surface area contributed by atoms with Gasteiger partial charge >= 0.3 is 11.9 Å². The lowest BCUT2D eigenvalue weighted by Gasteiger charge is -1.98. The lowest BCUT2D eigenvalue weighted by Crippen LogP contribution is -2.02. The van der Waals surface area contributed by atoms with Crippen molar-refractivity contribution in [2.75, 3.05) is 28.3 Å². The second-order valence-electron chi connectivity index (χ2n) is 3.40. The number of nitrogens with zero attached hydrogens (tertiary/aromatic N) is 3. The van der Waals surface area contributed by atoms with E-state index in [1.54, 1.807) is 14.1 Å². The predicted octanol–water partition coefficient (Wildman–Crippen LogP) is 1.54. The SMILES string of the molecule is COC(=O)c1sc(C(=O)ON=NN(C)C)cc1OC. The van der Waals surface area contributed by atoms with Crippen LogP contribution in [0.25, 0.3) is 0 Å². The van der Waals surface area contributed by atoms with Crippen LogP contribution in [-0.4, -0.2) is 45.3 Å². The van der Waals surface area contributed by atoms with Crippen LogP contribution in [0.1, 0.15) is 19.3 Å².